The number of carbonyl (C=O) groups is 1. The maximum atomic E-state index is 12.9. The van der Waals surface area contributed by atoms with Crippen LogP contribution in [0.5, 0.6) is 0 Å². The molecule has 2 saturated heterocycles. The van der Waals surface area contributed by atoms with E-state index in [0.29, 0.717) is 18.5 Å². The van der Waals surface area contributed by atoms with Gasteiger partial charge in [-0.1, -0.05) is 12.1 Å². The highest BCUT2D eigenvalue weighted by atomic mass is 16.2. The van der Waals surface area contributed by atoms with E-state index in [1.165, 1.54) is 12.8 Å². The molecule has 2 fully saturated rings. The summed E-state index contributed by atoms with van der Waals surface area (Å²) in [6.07, 6.45) is 4.99. The Morgan fingerprint density at radius 2 is 2.05 bits per heavy atom. The summed E-state index contributed by atoms with van der Waals surface area (Å²) >= 11 is 0. The third-order valence-electron chi connectivity index (χ3n) is 5.04. The maximum absolute atomic E-state index is 12.9. The van der Waals surface area contributed by atoms with E-state index in [9.17, 15) is 4.79 Å². The molecule has 0 N–H and O–H groups in total. The van der Waals surface area contributed by atoms with Crippen LogP contribution in [0, 0.1) is 11.3 Å². The smallest absolute Gasteiger partial charge is 0.254 e. The number of likely N-dealkylation sites (tertiary alicyclic amines) is 2. The first-order valence-electron chi connectivity index (χ1n) is 8.18. The molecule has 1 amide bonds. The van der Waals surface area contributed by atoms with Crippen LogP contribution in [0.3, 0.4) is 0 Å². The van der Waals surface area contributed by atoms with Crippen LogP contribution in [0.2, 0.25) is 0 Å². The number of hydrogen-bond acceptors (Lipinski definition) is 3. The fraction of sp³-hybridized carbons (Fsp3) is 0.556. The predicted molar refractivity (Wildman–Crippen MR) is 85.5 cm³/mol. The van der Waals surface area contributed by atoms with E-state index < -0.39 is 0 Å². The van der Waals surface area contributed by atoms with Crippen molar-refractivity contribution in [2.75, 3.05) is 20.1 Å². The topological polar surface area (TPSA) is 47.3 Å². The van der Waals surface area contributed by atoms with E-state index in [-0.39, 0.29) is 5.91 Å². The van der Waals surface area contributed by atoms with E-state index in [4.69, 9.17) is 5.26 Å². The Bertz CT molecular complexity index is 592. The lowest BCUT2D eigenvalue weighted by Crippen LogP contribution is -2.47. The number of nitrogens with zero attached hydrogens (tertiary/aromatic N) is 3. The summed E-state index contributed by atoms with van der Waals surface area (Å²) in [5, 5.41) is 8.82. The molecule has 3 rings (SSSR count). The van der Waals surface area contributed by atoms with Crippen molar-refractivity contribution in [2.45, 2.75) is 44.2 Å². The van der Waals surface area contributed by atoms with Crippen LogP contribution < -0.4 is 0 Å². The number of nitriles is 1. The van der Waals surface area contributed by atoms with Gasteiger partial charge in [-0.05, 0) is 57.0 Å². The molecule has 4 nitrogen and oxygen atoms in total. The Morgan fingerprint density at radius 3 is 2.77 bits per heavy atom. The van der Waals surface area contributed by atoms with Gasteiger partial charge in [0, 0.05) is 24.2 Å². The number of hydrogen-bond donors (Lipinski definition) is 0. The van der Waals surface area contributed by atoms with Gasteiger partial charge >= 0.3 is 0 Å². The van der Waals surface area contributed by atoms with Gasteiger partial charge in [0.2, 0.25) is 0 Å². The Labute approximate surface area is 132 Å². The molecule has 1 aromatic carbocycles. The summed E-state index contributed by atoms with van der Waals surface area (Å²) in [5.41, 5.74) is 1.64. The fourth-order valence-electron chi connectivity index (χ4n) is 3.94. The van der Waals surface area contributed by atoms with Crippen molar-refractivity contribution in [3.8, 4) is 6.07 Å². The molecular formula is C18H23N3O. The standard InChI is InChI=1S/C18H23N3O/c1-20-11-3-7-16(20)17-8-4-12-21(17)18(22)15-6-2-5-14(13-15)9-10-19/h2,5-6,13,16-17H,3-4,7-9,11-12H2,1H3/t16-,17+/m1/s1. The van der Waals surface area contributed by atoms with E-state index >= 15 is 0 Å². The predicted octanol–water partition coefficient (Wildman–Crippen LogP) is 2.45. The summed E-state index contributed by atoms with van der Waals surface area (Å²) in [4.78, 5) is 17.4. The third-order valence-corrected chi connectivity index (χ3v) is 5.04. The quantitative estimate of drug-likeness (QED) is 0.861. The molecule has 0 unspecified atom stereocenters. The highest BCUT2D eigenvalue weighted by Gasteiger charge is 2.38. The second-order valence-corrected chi connectivity index (χ2v) is 6.43. The molecular weight excluding hydrogens is 274 g/mol. The number of benzene rings is 1. The van der Waals surface area contributed by atoms with Gasteiger partial charge < -0.3 is 9.80 Å². The largest absolute Gasteiger partial charge is 0.334 e. The van der Waals surface area contributed by atoms with E-state index in [1.807, 2.05) is 24.3 Å². The first kappa shape index (κ1) is 15.1. The zero-order chi connectivity index (χ0) is 15.5. The molecule has 116 valence electrons. The lowest BCUT2D eigenvalue weighted by Gasteiger charge is -2.33. The minimum Gasteiger partial charge on any atom is -0.334 e. The second-order valence-electron chi connectivity index (χ2n) is 6.43. The van der Waals surface area contributed by atoms with Crippen molar-refractivity contribution >= 4 is 5.91 Å². The number of likely N-dealkylation sites (N-methyl/N-ethyl adjacent to an activating group) is 1. The molecule has 2 aliphatic rings. The Balaban J connectivity index is 1.78. The molecule has 1 aromatic rings. The lowest BCUT2D eigenvalue weighted by molar-refractivity contribution is 0.0664. The van der Waals surface area contributed by atoms with E-state index in [2.05, 4.69) is 22.9 Å². The zero-order valence-electron chi connectivity index (χ0n) is 13.2. The van der Waals surface area contributed by atoms with E-state index in [0.717, 1.165) is 37.1 Å². The lowest BCUT2D eigenvalue weighted by atomic mass is 10.0. The summed E-state index contributed by atoms with van der Waals surface area (Å²) in [6, 6.07) is 10.5. The Morgan fingerprint density at radius 1 is 1.27 bits per heavy atom. The fourth-order valence-corrected chi connectivity index (χ4v) is 3.94. The summed E-state index contributed by atoms with van der Waals surface area (Å²) in [5.74, 6) is 0.127. The van der Waals surface area contributed by atoms with Gasteiger partial charge in [-0.3, -0.25) is 4.79 Å². The highest BCUT2D eigenvalue weighted by Crippen LogP contribution is 2.30. The van der Waals surface area contributed by atoms with Gasteiger partial charge in [0.1, 0.15) is 0 Å². The number of rotatable bonds is 3. The molecule has 0 saturated carbocycles. The molecule has 22 heavy (non-hydrogen) atoms. The van der Waals surface area contributed by atoms with Crippen LogP contribution in [-0.4, -0.2) is 47.9 Å². The first-order chi connectivity index (χ1) is 10.7. The summed E-state index contributed by atoms with van der Waals surface area (Å²) < 4.78 is 0. The van der Waals surface area contributed by atoms with Crippen LogP contribution in [0.4, 0.5) is 0 Å². The van der Waals surface area contributed by atoms with Gasteiger partial charge in [0.25, 0.3) is 5.91 Å². The van der Waals surface area contributed by atoms with Crippen molar-refractivity contribution in [3.63, 3.8) is 0 Å². The SMILES string of the molecule is CN1CCC[C@@H]1[C@@H]1CCCN1C(=O)c1cccc(CC#N)c1. The van der Waals surface area contributed by atoms with Gasteiger partial charge in [-0.15, -0.1) is 0 Å². The third kappa shape index (κ3) is 2.86. The van der Waals surface area contributed by atoms with Crippen molar-refractivity contribution in [3.05, 3.63) is 35.4 Å². The molecule has 0 radical (unpaired) electrons. The minimum atomic E-state index is 0.127. The first-order valence-corrected chi connectivity index (χ1v) is 8.18. The monoisotopic (exact) mass is 297 g/mol. The van der Waals surface area contributed by atoms with Crippen molar-refractivity contribution in [2.24, 2.45) is 0 Å². The van der Waals surface area contributed by atoms with Crippen molar-refractivity contribution in [1.29, 1.82) is 5.26 Å². The number of amides is 1. The Kier molecular flexibility index (Phi) is 4.44. The van der Waals surface area contributed by atoms with Crippen LogP contribution in [0.25, 0.3) is 0 Å². The van der Waals surface area contributed by atoms with Crippen LogP contribution in [0.15, 0.2) is 24.3 Å². The zero-order valence-corrected chi connectivity index (χ0v) is 13.2. The van der Waals surface area contributed by atoms with Crippen molar-refractivity contribution in [1.82, 2.24) is 9.80 Å². The summed E-state index contributed by atoms with van der Waals surface area (Å²) in [7, 11) is 2.17. The molecule has 2 aliphatic heterocycles. The molecule has 0 aromatic heterocycles. The molecule has 0 spiro atoms. The minimum absolute atomic E-state index is 0.127. The van der Waals surface area contributed by atoms with E-state index in [1.54, 1.807) is 0 Å². The summed E-state index contributed by atoms with van der Waals surface area (Å²) in [6.45, 7) is 2.00. The van der Waals surface area contributed by atoms with Crippen LogP contribution in [-0.2, 0) is 6.42 Å². The second kappa shape index (κ2) is 6.50. The Hall–Kier alpha value is -1.86. The van der Waals surface area contributed by atoms with Crippen LogP contribution >= 0.6 is 0 Å². The van der Waals surface area contributed by atoms with Gasteiger partial charge in [-0.2, -0.15) is 5.26 Å². The molecule has 2 atom stereocenters. The van der Waals surface area contributed by atoms with Gasteiger partial charge in [0.05, 0.1) is 12.5 Å². The molecule has 0 bridgehead atoms. The average molecular weight is 297 g/mol. The van der Waals surface area contributed by atoms with Gasteiger partial charge in [-0.25, -0.2) is 0 Å². The number of carbonyl (C=O) groups excluding carboxylic acids is 1. The molecule has 2 heterocycles. The van der Waals surface area contributed by atoms with Crippen LogP contribution in [0.1, 0.15) is 41.6 Å². The van der Waals surface area contributed by atoms with Crippen molar-refractivity contribution < 1.29 is 4.79 Å². The molecule has 4 heteroatoms. The van der Waals surface area contributed by atoms with Gasteiger partial charge in [0.15, 0.2) is 0 Å². The maximum Gasteiger partial charge on any atom is 0.254 e. The average Bonchev–Trinajstić information content (AvgIpc) is 3.15. The highest BCUT2D eigenvalue weighted by molar-refractivity contribution is 5.94. The molecule has 0 aliphatic carbocycles. The normalized spacial score (nSPS) is 25.4.